The van der Waals surface area contributed by atoms with E-state index in [0.29, 0.717) is 11.5 Å². The smallest absolute Gasteiger partial charge is 0.244 e. The van der Waals surface area contributed by atoms with E-state index < -0.39 is 0 Å². The van der Waals surface area contributed by atoms with E-state index in [9.17, 15) is 4.79 Å². The molecule has 0 saturated heterocycles. The largest absolute Gasteiger partial charge is 0.497 e. The topological polar surface area (TPSA) is 76.2 Å². The first kappa shape index (κ1) is 24.2. The summed E-state index contributed by atoms with van der Waals surface area (Å²) in [4.78, 5) is 21.4. The second-order valence-electron chi connectivity index (χ2n) is 9.24. The quantitative estimate of drug-likeness (QED) is 0.228. The van der Waals surface area contributed by atoms with Crippen LogP contribution in [0.25, 0.3) is 49.9 Å². The molecule has 6 rings (SSSR count). The van der Waals surface area contributed by atoms with E-state index in [2.05, 4.69) is 58.8 Å². The van der Waals surface area contributed by atoms with Gasteiger partial charge in [-0.2, -0.15) is 0 Å². The molecular weight excluding hydrogens is 486 g/mol. The number of para-hydroxylation sites is 1. The minimum absolute atomic E-state index is 0.229. The standard InChI is InChI=1S/C33H27N3O3/c1-38-24-15-16-30(39-2)22(18-24)14-17-31(37)34-20-23-19-28-26-11-5-6-13-29(26)36-33(28)32(35-23)27-12-7-9-21-8-3-4-10-25(21)27/h3-19,36H,20H2,1-2H3,(H,34,37)/b17-14+. The first-order valence-electron chi connectivity index (χ1n) is 12.7. The molecule has 0 spiro atoms. The van der Waals surface area contributed by atoms with Crippen LogP contribution < -0.4 is 14.8 Å². The van der Waals surface area contributed by atoms with E-state index in [4.69, 9.17) is 14.5 Å². The highest BCUT2D eigenvalue weighted by molar-refractivity contribution is 6.13. The summed E-state index contributed by atoms with van der Waals surface area (Å²) in [6.45, 7) is 0.283. The summed E-state index contributed by atoms with van der Waals surface area (Å²) in [5, 5.41) is 7.46. The van der Waals surface area contributed by atoms with Crippen LogP contribution in [-0.4, -0.2) is 30.1 Å². The fourth-order valence-corrected chi connectivity index (χ4v) is 4.99. The number of aromatic nitrogens is 2. The molecule has 2 N–H and O–H groups in total. The number of carbonyl (C=O) groups excluding carboxylic acids is 1. The van der Waals surface area contributed by atoms with Gasteiger partial charge >= 0.3 is 0 Å². The second-order valence-corrected chi connectivity index (χ2v) is 9.24. The number of rotatable bonds is 7. The number of nitrogens with zero attached hydrogens (tertiary/aromatic N) is 1. The van der Waals surface area contributed by atoms with Crippen LogP contribution in [-0.2, 0) is 11.3 Å². The van der Waals surface area contributed by atoms with Crippen LogP contribution in [0.1, 0.15) is 11.3 Å². The second kappa shape index (κ2) is 10.3. The maximum absolute atomic E-state index is 12.8. The van der Waals surface area contributed by atoms with Gasteiger partial charge in [-0.1, -0.05) is 60.7 Å². The van der Waals surface area contributed by atoms with E-state index in [0.717, 1.165) is 55.1 Å². The Morgan fingerprint density at radius 3 is 2.51 bits per heavy atom. The molecule has 6 nitrogen and oxygen atoms in total. The predicted molar refractivity (Wildman–Crippen MR) is 157 cm³/mol. The van der Waals surface area contributed by atoms with Crippen molar-refractivity contribution in [3.8, 4) is 22.8 Å². The van der Waals surface area contributed by atoms with Crippen LogP contribution in [0.3, 0.4) is 0 Å². The molecule has 0 fully saturated rings. The zero-order valence-corrected chi connectivity index (χ0v) is 21.7. The Hall–Kier alpha value is -5.10. The van der Waals surface area contributed by atoms with Gasteiger partial charge in [0.05, 0.1) is 37.7 Å². The van der Waals surface area contributed by atoms with Crippen molar-refractivity contribution < 1.29 is 14.3 Å². The number of pyridine rings is 1. The number of nitrogens with one attached hydrogen (secondary N) is 2. The molecular formula is C33H27N3O3. The van der Waals surface area contributed by atoms with Crippen LogP contribution in [0.15, 0.2) is 97.1 Å². The molecule has 0 atom stereocenters. The Labute approximate surface area is 225 Å². The summed E-state index contributed by atoms with van der Waals surface area (Å²) in [6.07, 6.45) is 3.21. The molecule has 6 aromatic rings. The van der Waals surface area contributed by atoms with E-state index in [1.165, 1.54) is 6.08 Å². The molecule has 2 heterocycles. The average molecular weight is 514 g/mol. The highest BCUT2D eigenvalue weighted by atomic mass is 16.5. The lowest BCUT2D eigenvalue weighted by Crippen LogP contribution is -2.21. The van der Waals surface area contributed by atoms with Gasteiger partial charge in [-0.05, 0) is 47.2 Å². The van der Waals surface area contributed by atoms with E-state index in [1.807, 2.05) is 42.5 Å². The summed E-state index contributed by atoms with van der Waals surface area (Å²) >= 11 is 0. The van der Waals surface area contributed by atoms with E-state index in [1.54, 1.807) is 20.3 Å². The third-order valence-electron chi connectivity index (χ3n) is 6.89. The van der Waals surface area contributed by atoms with Gasteiger partial charge < -0.3 is 19.8 Å². The number of methoxy groups -OCH3 is 2. The lowest BCUT2D eigenvalue weighted by Gasteiger charge is -2.11. The lowest BCUT2D eigenvalue weighted by atomic mass is 10.00. The minimum Gasteiger partial charge on any atom is -0.497 e. The Morgan fingerprint density at radius 2 is 1.67 bits per heavy atom. The van der Waals surface area contributed by atoms with E-state index >= 15 is 0 Å². The molecule has 0 aliphatic rings. The number of ether oxygens (including phenoxy) is 2. The number of carbonyl (C=O) groups is 1. The molecule has 6 heteroatoms. The molecule has 0 unspecified atom stereocenters. The van der Waals surface area contributed by atoms with Crippen molar-refractivity contribution in [1.82, 2.24) is 15.3 Å². The van der Waals surface area contributed by atoms with Gasteiger partial charge in [-0.3, -0.25) is 4.79 Å². The van der Waals surface area contributed by atoms with Gasteiger partial charge in [0.15, 0.2) is 0 Å². The third-order valence-corrected chi connectivity index (χ3v) is 6.89. The zero-order valence-electron chi connectivity index (χ0n) is 21.7. The van der Waals surface area contributed by atoms with Crippen molar-refractivity contribution in [3.63, 3.8) is 0 Å². The molecule has 0 radical (unpaired) electrons. The van der Waals surface area contributed by atoms with Crippen molar-refractivity contribution in [3.05, 3.63) is 108 Å². The van der Waals surface area contributed by atoms with Crippen LogP contribution in [0.5, 0.6) is 11.5 Å². The number of hydrogen-bond acceptors (Lipinski definition) is 4. The Bertz CT molecular complexity index is 1860. The Morgan fingerprint density at radius 1 is 0.872 bits per heavy atom. The zero-order chi connectivity index (χ0) is 26.8. The monoisotopic (exact) mass is 513 g/mol. The van der Waals surface area contributed by atoms with Gasteiger partial charge in [0.25, 0.3) is 0 Å². The highest BCUT2D eigenvalue weighted by Crippen LogP contribution is 2.35. The molecule has 0 aliphatic heterocycles. The molecule has 2 aromatic heterocycles. The van der Waals surface area contributed by atoms with Gasteiger partial charge in [0, 0.05) is 33.5 Å². The molecule has 0 aliphatic carbocycles. The Kier molecular flexibility index (Phi) is 6.43. The van der Waals surface area contributed by atoms with Crippen molar-refractivity contribution in [2.45, 2.75) is 6.54 Å². The number of aromatic amines is 1. The number of fused-ring (bicyclic) bond motifs is 4. The first-order chi connectivity index (χ1) is 19.1. The van der Waals surface area contributed by atoms with Gasteiger partial charge in [0.2, 0.25) is 5.91 Å². The number of hydrogen-bond donors (Lipinski definition) is 2. The molecule has 0 saturated carbocycles. The first-order valence-corrected chi connectivity index (χ1v) is 12.7. The van der Waals surface area contributed by atoms with Crippen molar-refractivity contribution in [2.75, 3.05) is 14.2 Å². The van der Waals surface area contributed by atoms with Crippen LogP contribution in [0.4, 0.5) is 0 Å². The molecule has 1 amide bonds. The molecule has 0 bridgehead atoms. The van der Waals surface area contributed by atoms with Crippen molar-refractivity contribution in [2.24, 2.45) is 0 Å². The van der Waals surface area contributed by atoms with Gasteiger partial charge in [0.1, 0.15) is 11.5 Å². The van der Waals surface area contributed by atoms with Crippen LogP contribution in [0, 0.1) is 0 Å². The normalized spacial score (nSPS) is 11.4. The maximum atomic E-state index is 12.8. The summed E-state index contributed by atoms with van der Waals surface area (Å²) < 4.78 is 10.7. The van der Waals surface area contributed by atoms with Crippen LogP contribution >= 0.6 is 0 Å². The number of benzene rings is 4. The van der Waals surface area contributed by atoms with Crippen molar-refractivity contribution >= 4 is 44.6 Å². The maximum Gasteiger partial charge on any atom is 0.244 e. The summed E-state index contributed by atoms with van der Waals surface area (Å²) in [7, 11) is 3.20. The fraction of sp³-hybridized carbons (Fsp3) is 0.0909. The summed E-state index contributed by atoms with van der Waals surface area (Å²) in [6, 6.07) is 30.3. The van der Waals surface area contributed by atoms with Gasteiger partial charge in [-0.25, -0.2) is 4.98 Å². The number of H-pyrrole nitrogens is 1. The predicted octanol–water partition coefficient (Wildman–Crippen LogP) is 6.88. The van der Waals surface area contributed by atoms with Gasteiger partial charge in [-0.15, -0.1) is 0 Å². The number of amides is 1. The molecule has 4 aromatic carbocycles. The SMILES string of the molecule is COc1ccc(OC)c(/C=C/C(=O)NCc2cc3c([nH]c4ccccc43)c(-c3cccc4ccccc34)n2)c1. The third kappa shape index (κ3) is 4.68. The fourth-order valence-electron chi connectivity index (χ4n) is 4.99. The molecule has 192 valence electrons. The lowest BCUT2D eigenvalue weighted by molar-refractivity contribution is -0.116. The average Bonchev–Trinajstić information content (AvgIpc) is 3.36. The summed E-state index contributed by atoms with van der Waals surface area (Å²) in [5.74, 6) is 1.12. The van der Waals surface area contributed by atoms with Crippen molar-refractivity contribution in [1.29, 1.82) is 0 Å². The minimum atomic E-state index is -0.229. The summed E-state index contributed by atoms with van der Waals surface area (Å²) in [5.41, 5.74) is 5.46. The van der Waals surface area contributed by atoms with E-state index in [-0.39, 0.29) is 12.5 Å². The molecule has 39 heavy (non-hydrogen) atoms. The Balaban J connectivity index is 1.36. The van der Waals surface area contributed by atoms with Crippen LogP contribution in [0.2, 0.25) is 0 Å². The highest BCUT2D eigenvalue weighted by Gasteiger charge is 2.15.